The number of hydrogen-bond acceptors (Lipinski definition) is 4. The van der Waals surface area contributed by atoms with Crippen molar-refractivity contribution in [1.82, 2.24) is 4.90 Å². The van der Waals surface area contributed by atoms with E-state index in [9.17, 15) is 4.79 Å². The highest BCUT2D eigenvalue weighted by Gasteiger charge is 2.19. The van der Waals surface area contributed by atoms with Crippen LogP contribution in [0.25, 0.3) is 6.08 Å². The Morgan fingerprint density at radius 3 is 3.10 bits per heavy atom. The van der Waals surface area contributed by atoms with Gasteiger partial charge in [0.2, 0.25) is 0 Å². The van der Waals surface area contributed by atoms with Gasteiger partial charge in [0.1, 0.15) is 18.5 Å². The summed E-state index contributed by atoms with van der Waals surface area (Å²) in [6, 6.07) is 5.67. The molecule has 1 aliphatic heterocycles. The highest BCUT2D eigenvalue weighted by atomic mass is 16.5. The maximum Gasteiger partial charge on any atom is 0.328 e. The van der Waals surface area contributed by atoms with Gasteiger partial charge in [-0.15, -0.1) is 0 Å². The summed E-state index contributed by atoms with van der Waals surface area (Å²) < 4.78 is 11.6. The molecule has 0 aromatic heterocycles. The first kappa shape index (κ1) is 15.5. The van der Waals surface area contributed by atoms with Gasteiger partial charge in [-0.25, -0.2) is 4.79 Å². The Labute approximate surface area is 124 Å². The fourth-order valence-electron chi connectivity index (χ4n) is 2.31. The van der Waals surface area contributed by atoms with Crippen molar-refractivity contribution >= 4 is 12.0 Å². The summed E-state index contributed by atoms with van der Waals surface area (Å²) in [4.78, 5) is 12.9. The van der Waals surface area contributed by atoms with Gasteiger partial charge in [0.25, 0.3) is 0 Å². The predicted octanol–water partition coefficient (Wildman–Crippen LogP) is 1.80. The molecular weight excluding hydrogens is 270 g/mol. The molecular formula is C16H21NO4. The van der Waals surface area contributed by atoms with Crippen molar-refractivity contribution < 1.29 is 19.4 Å². The largest absolute Gasteiger partial charge is 0.490 e. The van der Waals surface area contributed by atoms with Crippen LogP contribution < -0.4 is 4.74 Å². The number of likely N-dealkylation sites (N-methyl/N-ethyl adjacent to an activating group) is 1. The number of rotatable bonds is 5. The average Bonchev–Trinajstić information content (AvgIpc) is 2.44. The minimum absolute atomic E-state index is 0.0414. The lowest BCUT2D eigenvalue weighted by atomic mass is 10.1. The fraction of sp³-hybridized carbons (Fsp3) is 0.438. The van der Waals surface area contributed by atoms with Crippen molar-refractivity contribution in [3.05, 3.63) is 35.4 Å². The van der Waals surface area contributed by atoms with Crippen molar-refractivity contribution in [1.29, 1.82) is 0 Å². The Morgan fingerprint density at radius 1 is 1.57 bits per heavy atom. The molecule has 2 rings (SSSR count). The smallest absolute Gasteiger partial charge is 0.328 e. The molecule has 114 valence electrons. The summed E-state index contributed by atoms with van der Waals surface area (Å²) in [5.41, 5.74) is 1.74. The van der Waals surface area contributed by atoms with Gasteiger partial charge in [0.15, 0.2) is 0 Å². The van der Waals surface area contributed by atoms with Crippen molar-refractivity contribution in [2.75, 3.05) is 33.4 Å². The molecule has 1 aliphatic rings. The molecule has 0 saturated carbocycles. The lowest BCUT2D eigenvalue weighted by molar-refractivity contribution is -0.131. The highest BCUT2D eigenvalue weighted by molar-refractivity contribution is 5.86. The maximum absolute atomic E-state index is 10.7. The lowest BCUT2D eigenvalue weighted by Gasteiger charge is -2.30. The second-order valence-electron chi connectivity index (χ2n) is 5.23. The number of carboxylic acids is 1. The molecule has 1 N–H and O–H groups in total. The molecule has 0 bridgehead atoms. The zero-order valence-corrected chi connectivity index (χ0v) is 12.4. The minimum atomic E-state index is -0.973. The van der Waals surface area contributed by atoms with Crippen LogP contribution in [0.15, 0.2) is 24.3 Å². The van der Waals surface area contributed by atoms with Crippen LogP contribution in [0, 0.1) is 6.92 Å². The third-order valence-electron chi connectivity index (χ3n) is 3.40. The highest BCUT2D eigenvalue weighted by Crippen LogP contribution is 2.25. The number of hydrogen-bond donors (Lipinski definition) is 1. The van der Waals surface area contributed by atoms with Crippen LogP contribution in [0.5, 0.6) is 5.75 Å². The van der Waals surface area contributed by atoms with Gasteiger partial charge in [-0.1, -0.05) is 18.2 Å². The number of aryl methyl sites for hydroxylation is 1. The van der Waals surface area contributed by atoms with Gasteiger partial charge in [-0.2, -0.15) is 0 Å². The second-order valence-corrected chi connectivity index (χ2v) is 5.23. The molecule has 1 atom stereocenters. The van der Waals surface area contributed by atoms with Crippen LogP contribution in [-0.4, -0.2) is 55.4 Å². The van der Waals surface area contributed by atoms with Gasteiger partial charge in [-0.05, 0) is 25.6 Å². The van der Waals surface area contributed by atoms with E-state index in [1.54, 1.807) is 6.08 Å². The topological polar surface area (TPSA) is 59.0 Å². The van der Waals surface area contributed by atoms with E-state index < -0.39 is 5.97 Å². The monoisotopic (exact) mass is 291 g/mol. The number of aliphatic carboxylic acids is 1. The Hall–Kier alpha value is -1.85. The summed E-state index contributed by atoms with van der Waals surface area (Å²) in [6.07, 6.45) is 2.71. The van der Waals surface area contributed by atoms with Gasteiger partial charge < -0.3 is 19.5 Å². The van der Waals surface area contributed by atoms with E-state index >= 15 is 0 Å². The number of ether oxygens (including phenoxy) is 2. The van der Waals surface area contributed by atoms with Crippen LogP contribution in [0.1, 0.15) is 11.1 Å². The van der Waals surface area contributed by atoms with E-state index in [2.05, 4.69) is 11.9 Å². The molecule has 1 saturated heterocycles. The Kier molecular flexibility index (Phi) is 5.36. The van der Waals surface area contributed by atoms with Crippen molar-refractivity contribution in [3.8, 4) is 5.75 Å². The molecule has 0 aliphatic carbocycles. The Balaban J connectivity index is 2.06. The molecule has 0 spiro atoms. The van der Waals surface area contributed by atoms with Crippen molar-refractivity contribution in [2.24, 2.45) is 0 Å². The van der Waals surface area contributed by atoms with Crippen molar-refractivity contribution in [2.45, 2.75) is 13.0 Å². The number of para-hydroxylation sites is 1. The molecule has 5 nitrogen and oxygen atoms in total. The van der Waals surface area contributed by atoms with Gasteiger partial charge >= 0.3 is 5.97 Å². The second kappa shape index (κ2) is 7.24. The Bertz CT molecular complexity index is 527. The quantitative estimate of drug-likeness (QED) is 0.838. The van der Waals surface area contributed by atoms with E-state index in [1.165, 1.54) is 0 Å². The fourth-order valence-corrected chi connectivity index (χ4v) is 2.31. The van der Waals surface area contributed by atoms with Crippen LogP contribution in [0.4, 0.5) is 0 Å². The summed E-state index contributed by atoms with van der Waals surface area (Å²) in [7, 11) is 2.06. The zero-order valence-electron chi connectivity index (χ0n) is 12.4. The molecule has 1 heterocycles. The third kappa shape index (κ3) is 4.58. The zero-order chi connectivity index (χ0) is 15.2. The number of carboxylic acid groups (broad SMARTS) is 1. The number of nitrogens with zero attached hydrogens (tertiary/aromatic N) is 1. The van der Waals surface area contributed by atoms with E-state index in [0.29, 0.717) is 19.0 Å². The molecule has 21 heavy (non-hydrogen) atoms. The van der Waals surface area contributed by atoms with Gasteiger partial charge in [0, 0.05) is 24.7 Å². The SMILES string of the molecule is Cc1cccc(/C=C/C(=O)O)c1OCC1CN(C)CCO1. The molecule has 1 aromatic rings. The first-order valence-corrected chi connectivity index (χ1v) is 7.00. The lowest BCUT2D eigenvalue weighted by Crippen LogP contribution is -2.42. The predicted molar refractivity (Wildman–Crippen MR) is 80.6 cm³/mol. The van der Waals surface area contributed by atoms with E-state index in [4.69, 9.17) is 14.6 Å². The summed E-state index contributed by atoms with van der Waals surface area (Å²) >= 11 is 0. The van der Waals surface area contributed by atoms with Gasteiger partial charge in [-0.3, -0.25) is 0 Å². The third-order valence-corrected chi connectivity index (χ3v) is 3.40. The van der Waals surface area contributed by atoms with Gasteiger partial charge in [0.05, 0.1) is 6.61 Å². The average molecular weight is 291 g/mol. The molecule has 5 heteroatoms. The molecule has 1 aromatic carbocycles. The number of carbonyl (C=O) groups is 1. The van der Waals surface area contributed by atoms with Crippen LogP contribution in [-0.2, 0) is 9.53 Å². The molecule has 0 radical (unpaired) electrons. The maximum atomic E-state index is 10.7. The first-order chi connectivity index (χ1) is 10.1. The van der Waals surface area contributed by atoms with Crippen LogP contribution in [0.2, 0.25) is 0 Å². The van der Waals surface area contributed by atoms with E-state index in [1.807, 2.05) is 25.1 Å². The van der Waals surface area contributed by atoms with Crippen LogP contribution >= 0.6 is 0 Å². The normalized spacial score (nSPS) is 19.8. The number of benzene rings is 1. The first-order valence-electron chi connectivity index (χ1n) is 7.00. The minimum Gasteiger partial charge on any atom is -0.490 e. The van der Waals surface area contributed by atoms with Crippen LogP contribution in [0.3, 0.4) is 0 Å². The number of morpholine rings is 1. The van der Waals surface area contributed by atoms with Crippen molar-refractivity contribution in [3.63, 3.8) is 0 Å². The Morgan fingerprint density at radius 2 is 2.38 bits per heavy atom. The van der Waals surface area contributed by atoms with E-state index in [-0.39, 0.29) is 6.10 Å². The molecule has 1 fully saturated rings. The van der Waals surface area contributed by atoms with E-state index in [0.717, 1.165) is 30.3 Å². The summed E-state index contributed by atoms with van der Waals surface area (Å²) in [5.74, 6) is -0.258. The standard InChI is InChI=1S/C16H21NO4/c1-12-4-3-5-13(6-7-15(18)19)16(12)21-11-14-10-17(2)8-9-20-14/h3-7,14H,8-11H2,1-2H3,(H,18,19)/b7-6+. The summed E-state index contributed by atoms with van der Waals surface area (Å²) in [6.45, 7) is 4.90. The molecule has 1 unspecified atom stereocenters. The summed E-state index contributed by atoms with van der Waals surface area (Å²) in [5, 5.41) is 8.74. The molecule has 0 amide bonds.